The van der Waals surface area contributed by atoms with Crippen LogP contribution in [0.15, 0.2) is 0 Å². The van der Waals surface area contributed by atoms with Crippen LogP contribution >= 0.6 is 15.2 Å². The van der Waals surface area contributed by atoms with Crippen molar-refractivity contribution in [2.24, 2.45) is 5.73 Å². The van der Waals surface area contributed by atoms with Crippen LogP contribution in [-0.4, -0.2) is 5.52 Å². The van der Waals surface area contributed by atoms with E-state index in [4.69, 9.17) is 0 Å². The van der Waals surface area contributed by atoms with E-state index in [0.29, 0.717) is 0 Å². The Bertz CT molecular complexity index is 183. The van der Waals surface area contributed by atoms with Gasteiger partial charge in [0.1, 0.15) is 0 Å². The first-order valence-electron chi connectivity index (χ1n) is 1.95. The molecule has 10 heteroatoms. The molecule has 0 atom stereocenters. The zero-order valence-corrected chi connectivity index (χ0v) is 8.88. The monoisotopic (exact) mass is 382 g/mol. The topological polar surface area (TPSA) is 152 Å². The SMILES string of the molecule is NC(P(=O)([O-])[O-])P(=O)([O-])[O-].[Pt+4]. The molecule has 11 heavy (non-hydrogen) atoms. The van der Waals surface area contributed by atoms with Crippen molar-refractivity contribution in [2.75, 3.05) is 0 Å². The predicted octanol–water partition coefficient (Wildman–Crippen LogP) is -3.95. The number of rotatable bonds is 2. The van der Waals surface area contributed by atoms with Crippen LogP contribution in [0.2, 0.25) is 0 Å². The summed E-state index contributed by atoms with van der Waals surface area (Å²) in [7, 11) is -11.0. The van der Waals surface area contributed by atoms with Gasteiger partial charge < -0.3 is 34.4 Å². The van der Waals surface area contributed by atoms with Gasteiger partial charge in [-0.15, -0.1) is 0 Å². The zero-order chi connectivity index (χ0) is 8.58. The van der Waals surface area contributed by atoms with Gasteiger partial charge in [-0.25, -0.2) is 0 Å². The summed E-state index contributed by atoms with van der Waals surface area (Å²) >= 11 is 0. The van der Waals surface area contributed by atoms with Crippen LogP contribution in [0, 0.1) is 0 Å². The van der Waals surface area contributed by atoms with E-state index in [-0.39, 0.29) is 21.1 Å². The van der Waals surface area contributed by atoms with Gasteiger partial charge in [-0.3, -0.25) is 0 Å². The van der Waals surface area contributed by atoms with Crippen molar-refractivity contribution in [3.05, 3.63) is 0 Å². The van der Waals surface area contributed by atoms with Crippen molar-refractivity contribution in [3.8, 4) is 0 Å². The van der Waals surface area contributed by atoms with E-state index in [2.05, 4.69) is 5.73 Å². The normalized spacial score (nSPS) is 12.9. The van der Waals surface area contributed by atoms with Crippen molar-refractivity contribution in [2.45, 2.75) is 5.52 Å². The van der Waals surface area contributed by atoms with Crippen LogP contribution in [0.5, 0.6) is 0 Å². The van der Waals surface area contributed by atoms with Crippen LogP contribution in [0.1, 0.15) is 0 Å². The Morgan fingerprint density at radius 1 is 1.00 bits per heavy atom. The van der Waals surface area contributed by atoms with Crippen molar-refractivity contribution in [1.82, 2.24) is 0 Å². The fourth-order valence-corrected chi connectivity index (χ4v) is 1.56. The summed E-state index contributed by atoms with van der Waals surface area (Å²) < 4.78 is 19.5. The van der Waals surface area contributed by atoms with E-state index in [1.54, 1.807) is 0 Å². The predicted molar refractivity (Wildman–Crippen MR) is 23.2 cm³/mol. The second-order valence-electron chi connectivity index (χ2n) is 1.49. The number of hydrogen-bond acceptors (Lipinski definition) is 7. The summed E-state index contributed by atoms with van der Waals surface area (Å²) in [5, 5.41) is 0. The Kier molecular flexibility index (Phi) is 5.60. The van der Waals surface area contributed by atoms with Crippen LogP contribution in [0.25, 0.3) is 0 Å². The van der Waals surface area contributed by atoms with E-state index in [9.17, 15) is 28.7 Å². The first kappa shape index (κ1) is 14.5. The van der Waals surface area contributed by atoms with Crippen molar-refractivity contribution >= 4 is 15.2 Å². The van der Waals surface area contributed by atoms with E-state index < -0.39 is 20.7 Å². The van der Waals surface area contributed by atoms with Gasteiger partial charge >= 0.3 is 21.1 Å². The molecule has 0 spiro atoms. The first-order chi connectivity index (χ1) is 4.15. The second-order valence-corrected chi connectivity index (χ2v) is 5.17. The van der Waals surface area contributed by atoms with E-state index in [1.165, 1.54) is 0 Å². The summed E-state index contributed by atoms with van der Waals surface area (Å²) in [5.41, 5.74) is 1.40. The molecular formula is CH3NO6P2Pt. The van der Waals surface area contributed by atoms with Gasteiger partial charge in [-0.2, -0.15) is 0 Å². The number of nitrogens with two attached hydrogens (primary N) is 1. The summed E-state index contributed by atoms with van der Waals surface area (Å²) in [6.45, 7) is 0. The van der Waals surface area contributed by atoms with E-state index in [0.717, 1.165) is 0 Å². The maximum atomic E-state index is 9.75. The Labute approximate surface area is 76.6 Å². The molecule has 0 aromatic rings. The van der Waals surface area contributed by atoms with Gasteiger partial charge in [-0.05, 0) is 15.2 Å². The fourth-order valence-electron chi connectivity index (χ4n) is 0.173. The fraction of sp³-hybridized carbons (Fsp3) is 1.00. The third kappa shape index (κ3) is 5.23. The first-order valence-corrected chi connectivity index (χ1v) is 5.17. The van der Waals surface area contributed by atoms with Gasteiger partial charge in [0.05, 0.1) is 5.52 Å². The Morgan fingerprint density at radius 3 is 1.18 bits per heavy atom. The van der Waals surface area contributed by atoms with Gasteiger partial charge in [0.25, 0.3) is 0 Å². The van der Waals surface area contributed by atoms with Gasteiger partial charge in [0.15, 0.2) is 0 Å². The molecule has 0 saturated heterocycles. The molecule has 0 saturated carbocycles. The minimum atomic E-state index is -5.49. The molecule has 0 amide bonds. The molecule has 0 aromatic carbocycles. The Morgan fingerprint density at radius 2 is 1.18 bits per heavy atom. The van der Waals surface area contributed by atoms with Gasteiger partial charge in [0.2, 0.25) is 0 Å². The van der Waals surface area contributed by atoms with Crippen molar-refractivity contribution in [1.29, 1.82) is 0 Å². The average molecular weight is 382 g/mol. The standard InChI is InChI=1S/CH7NO6P2.Pt/c2-1(9(3,4)5)10(6,7)8;/h1H,2H2,(H2,3,4,5)(H2,6,7,8);/q;+4/p-4. The van der Waals surface area contributed by atoms with E-state index in [1.807, 2.05) is 0 Å². The van der Waals surface area contributed by atoms with Crippen LogP contribution in [-0.2, 0) is 30.2 Å². The molecule has 0 aliphatic rings. The Balaban J connectivity index is 0. The molecule has 0 unspecified atom stereocenters. The maximum absolute atomic E-state index is 9.75. The van der Waals surface area contributed by atoms with Crippen LogP contribution < -0.4 is 25.3 Å². The van der Waals surface area contributed by atoms with Crippen molar-refractivity contribution < 1.29 is 49.8 Å². The molecule has 0 aliphatic heterocycles. The van der Waals surface area contributed by atoms with Crippen LogP contribution in [0.3, 0.4) is 0 Å². The molecule has 0 bridgehead atoms. The zero-order valence-electron chi connectivity index (χ0n) is 4.81. The second kappa shape index (κ2) is 4.26. The summed E-state index contributed by atoms with van der Waals surface area (Å²) in [4.78, 5) is 39.0. The van der Waals surface area contributed by atoms with E-state index >= 15 is 0 Å². The third-order valence-corrected chi connectivity index (χ3v) is 3.64. The number of hydrogen-bond donors (Lipinski definition) is 1. The molecule has 0 aromatic heterocycles. The van der Waals surface area contributed by atoms with Crippen LogP contribution in [0.4, 0.5) is 0 Å². The quantitative estimate of drug-likeness (QED) is 0.479. The smallest absolute Gasteiger partial charge is 0.809 e. The Hall–Kier alpha value is 0.948. The average Bonchev–Trinajstić information content (AvgIpc) is 1.59. The molecular weight excluding hydrogens is 379 g/mol. The summed E-state index contributed by atoms with van der Waals surface area (Å²) in [6, 6.07) is 0. The summed E-state index contributed by atoms with van der Waals surface area (Å²) in [5.74, 6) is 0. The van der Waals surface area contributed by atoms with Gasteiger partial charge in [-0.1, -0.05) is 0 Å². The molecule has 68 valence electrons. The summed E-state index contributed by atoms with van der Waals surface area (Å²) in [6.07, 6.45) is 0. The third-order valence-electron chi connectivity index (χ3n) is 0.648. The molecule has 0 fully saturated rings. The molecule has 2 N–H and O–H groups in total. The minimum absolute atomic E-state index is 0. The van der Waals surface area contributed by atoms with Crippen molar-refractivity contribution in [3.63, 3.8) is 0 Å². The van der Waals surface area contributed by atoms with Gasteiger partial charge in [0, 0.05) is 0 Å². The molecule has 0 aliphatic carbocycles. The largest absolute Gasteiger partial charge is 4.00 e. The minimum Gasteiger partial charge on any atom is -0.809 e. The molecule has 0 heterocycles. The maximum Gasteiger partial charge on any atom is 4.00 e. The molecule has 7 nitrogen and oxygen atoms in total. The molecule has 0 rings (SSSR count). The molecule has 0 radical (unpaired) electrons.